The van der Waals surface area contributed by atoms with Crippen molar-refractivity contribution in [1.29, 1.82) is 0 Å². The van der Waals surface area contributed by atoms with Gasteiger partial charge in [0.1, 0.15) is 6.61 Å². The predicted octanol–water partition coefficient (Wildman–Crippen LogP) is -0.718. The van der Waals surface area contributed by atoms with Crippen molar-refractivity contribution in [2.75, 3.05) is 38.6 Å². The second-order valence-corrected chi connectivity index (χ2v) is 6.99. The highest BCUT2D eigenvalue weighted by Crippen LogP contribution is 2.15. The smallest absolute Gasteiger partial charge is 0.246 e. The zero-order valence-electron chi connectivity index (χ0n) is 12.0. The Bertz CT molecular complexity index is 392. The van der Waals surface area contributed by atoms with Gasteiger partial charge in [0.05, 0.1) is 12.4 Å². The van der Waals surface area contributed by atoms with E-state index in [-0.39, 0.29) is 24.3 Å². The van der Waals surface area contributed by atoms with Gasteiger partial charge in [0.15, 0.2) is 0 Å². The van der Waals surface area contributed by atoms with Gasteiger partial charge in [-0.3, -0.25) is 4.79 Å². The lowest BCUT2D eigenvalue weighted by Gasteiger charge is -2.31. The van der Waals surface area contributed by atoms with Crippen LogP contribution < -0.4 is 11.1 Å². The molecule has 0 aromatic heterocycles. The van der Waals surface area contributed by atoms with Crippen LogP contribution in [-0.2, 0) is 19.6 Å². The van der Waals surface area contributed by atoms with Crippen LogP contribution in [0.25, 0.3) is 0 Å². The van der Waals surface area contributed by atoms with E-state index < -0.39 is 10.0 Å². The Hall–Kier alpha value is -0.700. The molecule has 1 rings (SSSR count). The SMILES string of the molecule is CCCS(=O)(=O)N1CCC(NC(=O)COCCN)CC1. The molecule has 1 aliphatic heterocycles. The Kier molecular flexibility index (Phi) is 7.42. The summed E-state index contributed by atoms with van der Waals surface area (Å²) in [4.78, 5) is 11.6. The van der Waals surface area contributed by atoms with E-state index in [2.05, 4.69) is 5.32 Å². The quantitative estimate of drug-likeness (QED) is 0.576. The summed E-state index contributed by atoms with van der Waals surface area (Å²) >= 11 is 0. The molecule has 1 heterocycles. The third kappa shape index (κ3) is 5.74. The van der Waals surface area contributed by atoms with Gasteiger partial charge in [-0.25, -0.2) is 12.7 Å². The van der Waals surface area contributed by atoms with Crippen molar-refractivity contribution in [3.8, 4) is 0 Å². The average Bonchev–Trinajstić information content (AvgIpc) is 2.39. The molecule has 1 fully saturated rings. The Labute approximate surface area is 120 Å². The summed E-state index contributed by atoms with van der Waals surface area (Å²) in [6.45, 7) is 3.55. The third-order valence-electron chi connectivity index (χ3n) is 3.17. The molecule has 7 nitrogen and oxygen atoms in total. The Morgan fingerprint density at radius 3 is 2.60 bits per heavy atom. The number of hydrogen-bond donors (Lipinski definition) is 2. The lowest BCUT2D eigenvalue weighted by Crippen LogP contribution is -2.47. The number of nitrogens with two attached hydrogens (primary N) is 1. The van der Waals surface area contributed by atoms with Crippen molar-refractivity contribution >= 4 is 15.9 Å². The highest BCUT2D eigenvalue weighted by atomic mass is 32.2. The van der Waals surface area contributed by atoms with Crippen molar-refractivity contribution < 1.29 is 17.9 Å². The summed E-state index contributed by atoms with van der Waals surface area (Å²) in [7, 11) is -3.12. The summed E-state index contributed by atoms with van der Waals surface area (Å²) in [5, 5.41) is 2.86. The number of nitrogens with zero attached hydrogens (tertiary/aromatic N) is 1. The Morgan fingerprint density at radius 2 is 2.05 bits per heavy atom. The maximum Gasteiger partial charge on any atom is 0.246 e. The van der Waals surface area contributed by atoms with Crippen LogP contribution in [0, 0.1) is 0 Å². The van der Waals surface area contributed by atoms with Crippen LogP contribution in [0.3, 0.4) is 0 Å². The first kappa shape index (κ1) is 17.4. The third-order valence-corrected chi connectivity index (χ3v) is 5.25. The van der Waals surface area contributed by atoms with Gasteiger partial charge < -0.3 is 15.8 Å². The second-order valence-electron chi connectivity index (χ2n) is 4.90. The minimum absolute atomic E-state index is 0.00550. The minimum Gasteiger partial charge on any atom is -0.370 e. The molecule has 0 unspecified atom stereocenters. The van der Waals surface area contributed by atoms with Crippen LogP contribution in [0.1, 0.15) is 26.2 Å². The summed E-state index contributed by atoms with van der Waals surface area (Å²) in [5.41, 5.74) is 5.26. The minimum atomic E-state index is -3.12. The van der Waals surface area contributed by atoms with Gasteiger partial charge in [0.25, 0.3) is 0 Å². The van der Waals surface area contributed by atoms with Crippen molar-refractivity contribution in [2.45, 2.75) is 32.2 Å². The van der Waals surface area contributed by atoms with Crippen LogP contribution in [0.5, 0.6) is 0 Å². The number of carbonyl (C=O) groups is 1. The maximum absolute atomic E-state index is 11.9. The van der Waals surface area contributed by atoms with Gasteiger partial charge in [-0.2, -0.15) is 0 Å². The van der Waals surface area contributed by atoms with E-state index in [0.717, 1.165) is 0 Å². The Morgan fingerprint density at radius 1 is 1.40 bits per heavy atom. The number of piperidine rings is 1. The highest BCUT2D eigenvalue weighted by Gasteiger charge is 2.27. The topological polar surface area (TPSA) is 102 Å². The molecule has 1 amide bonds. The van der Waals surface area contributed by atoms with Crippen molar-refractivity contribution in [1.82, 2.24) is 9.62 Å². The van der Waals surface area contributed by atoms with E-state index in [4.69, 9.17) is 10.5 Å². The fraction of sp³-hybridized carbons (Fsp3) is 0.917. The Balaban J connectivity index is 2.30. The molecule has 118 valence electrons. The molecule has 1 saturated heterocycles. The van der Waals surface area contributed by atoms with E-state index in [9.17, 15) is 13.2 Å². The van der Waals surface area contributed by atoms with Crippen LogP contribution in [0.15, 0.2) is 0 Å². The standard InChI is InChI=1S/C12H25N3O4S/c1-2-9-20(17,18)15-6-3-11(4-7-15)14-12(16)10-19-8-5-13/h11H,2-10,13H2,1H3,(H,14,16). The first-order valence-corrected chi connectivity index (χ1v) is 8.65. The van der Waals surface area contributed by atoms with Crippen molar-refractivity contribution in [3.63, 3.8) is 0 Å². The number of sulfonamides is 1. The van der Waals surface area contributed by atoms with Crippen LogP contribution in [-0.4, -0.2) is 63.3 Å². The van der Waals surface area contributed by atoms with Gasteiger partial charge in [-0.1, -0.05) is 6.92 Å². The maximum atomic E-state index is 11.9. The lowest BCUT2D eigenvalue weighted by atomic mass is 10.1. The van der Waals surface area contributed by atoms with Crippen molar-refractivity contribution in [3.05, 3.63) is 0 Å². The molecule has 8 heteroatoms. The molecule has 0 saturated carbocycles. The summed E-state index contributed by atoms with van der Waals surface area (Å²) in [6.07, 6.45) is 1.91. The zero-order valence-corrected chi connectivity index (χ0v) is 12.8. The first-order valence-electron chi connectivity index (χ1n) is 7.04. The van der Waals surface area contributed by atoms with Gasteiger partial charge in [-0.15, -0.1) is 0 Å². The molecule has 0 atom stereocenters. The molecular weight excluding hydrogens is 282 g/mol. The van der Waals surface area contributed by atoms with Crippen LogP contribution >= 0.6 is 0 Å². The molecule has 0 aromatic rings. The first-order chi connectivity index (χ1) is 9.49. The fourth-order valence-electron chi connectivity index (χ4n) is 2.18. The fourth-order valence-corrected chi connectivity index (χ4v) is 3.72. The van der Waals surface area contributed by atoms with Gasteiger partial charge in [-0.05, 0) is 19.3 Å². The highest BCUT2D eigenvalue weighted by molar-refractivity contribution is 7.89. The van der Waals surface area contributed by atoms with E-state index in [1.165, 1.54) is 4.31 Å². The molecule has 0 aliphatic carbocycles. The number of ether oxygens (including phenoxy) is 1. The zero-order chi connectivity index (χ0) is 15.0. The molecular formula is C12H25N3O4S. The van der Waals surface area contributed by atoms with E-state index in [0.29, 0.717) is 45.5 Å². The lowest BCUT2D eigenvalue weighted by molar-refractivity contribution is -0.126. The van der Waals surface area contributed by atoms with E-state index in [1.807, 2.05) is 6.92 Å². The number of carbonyl (C=O) groups excluding carboxylic acids is 1. The van der Waals surface area contributed by atoms with Crippen LogP contribution in [0.4, 0.5) is 0 Å². The molecule has 1 aliphatic rings. The molecule has 3 N–H and O–H groups in total. The summed E-state index contributed by atoms with van der Waals surface area (Å²) < 4.78 is 30.4. The van der Waals surface area contributed by atoms with Gasteiger partial charge in [0.2, 0.25) is 15.9 Å². The molecule has 0 aromatic carbocycles. The average molecular weight is 307 g/mol. The molecule has 0 radical (unpaired) electrons. The summed E-state index contributed by atoms with van der Waals surface area (Å²) in [6, 6.07) is 0.0250. The monoisotopic (exact) mass is 307 g/mol. The number of hydrogen-bond acceptors (Lipinski definition) is 5. The number of amides is 1. The summed E-state index contributed by atoms with van der Waals surface area (Å²) in [5.74, 6) is 0.0186. The number of rotatable bonds is 8. The van der Waals surface area contributed by atoms with Gasteiger partial charge in [0, 0.05) is 25.7 Å². The van der Waals surface area contributed by atoms with Crippen molar-refractivity contribution in [2.24, 2.45) is 5.73 Å². The molecule has 0 bridgehead atoms. The van der Waals surface area contributed by atoms with E-state index in [1.54, 1.807) is 0 Å². The largest absolute Gasteiger partial charge is 0.370 e. The second kappa shape index (κ2) is 8.56. The van der Waals surface area contributed by atoms with Crippen LogP contribution in [0.2, 0.25) is 0 Å². The molecule has 20 heavy (non-hydrogen) atoms. The van der Waals surface area contributed by atoms with E-state index >= 15 is 0 Å². The predicted molar refractivity (Wildman–Crippen MR) is 76.7 cm³/mol. The van der Waals surface area contributed by atoms with Gasteiger partial charge >= 0.3 is 0 Å². The normalized spacial score (nSPS) is 18.1. The molecule has 0 spiro atoms. The number of nitrogens with one attached hydrogen (secondary N) is 1.